The van der Waals surface area contributed by atoms with Gasteiger partial charge in [-0.2, -0.15) is 5.10 Å². The number of nitrogens with one attached hydrogen (secondary N) is 1. The van der Waals surface area contributed by atoms with Crippen molar-refractivity contribution in [1.29, 1.82) is 0 Å². The van der Waals surface area contributed by atoms with Crippen LogP contribution in [0.25, 0.3) is 0 Å². The fourth-order valence-corrected chi connectivity index (χ4v) is 2.10. The van der Waals surface area contributed by atoms with Crippen molar-refractivity contribution in [2.75, 3.05) is 5.32 Å². The molecule has 1 aromatic carbocycles. The molecule has 2 rings (SSSR count). The van der Waals surface area contributed by atoms with Gasteiger partial charge in [-0.15, -0.1) is 0 Å². The van der Waals surface area contributed by atoms with Gasteiger partial charge in [0.15, 0.2) is 0 Å². The average molecular weight is 312 g/mol. The van der Waals surface area contributed by atoms with E-state index in [0.29, 0.717) is 11.0 Å². The second kappa shape index (κ2) is 6.00. The van der Waals surface area contributed by atoms with Crippen LogP contribution in [-0.2, 0) is 13.1 Å². The van der Waals surface area contributed by atoms with Crippen molar-refractivity contribution in [2.45, 2.75) is 26.4 Å². The smallest absolute Gasteiger partial charge is 0.137 e. The molecule has 0 spiro atoms. The van der Waals surface area contributed by atoms with Crippen molar-refractivity contribution in [3.05, 3.63) is 46.4 Å². The van der Waals surface area contributed by atoms with E-state index >= 15 is 0 Å². The van der Waals surface area contributed by atoms with E-state index in [-0.39, 0.29) is 5.82 Å². The van der Waals surface area contributed by atoms with Crippen LogP contribution in [0.2, 0.25) is 0 Å². The molecule has 96 valence electrons. The molecule has 1 N–H and O–H groups in total. The lowest BCUT2D eigenvalue weighted by molar-refractivity contribution is 0.578. The fourth-order valence-electron chi connectivity index (χ4n) is 1.72. The van der Waals surface area contributed by atoms with Crippen LogP contribution in [0.5, 0.6) is 0 Å². The van der Waals surface area contributed by atoms with Crippen molar-refractivity contribution in [3.63, 3.8) is 0 Å². The zero-order valence-electron chi connectivity index (χ0n) is 10.2. The van der Waals surface area contributed by atoms with E-state index in [0.717, 1.165) is 24.3 Å². The number of aryl methyl sites for hydroxylation is 1. The lowest BCUT2D eigenvalue weighted by Crippen LogP contribution is -2.08. The molecule has 5 heteroatoms. The van der Waals surface area contributed by atoms with Crippen LogP contribution in [0, 0.1) is 5.82 Å². The Bertz CT molecular complexity index is 525. The molecular weight excluding hydrogens is 297 g/mol. The minimum atomic E-state index is -0.253. The van der Waals surface area contributed by atoms with Crippen molar-refractivity contribution >= 4 is 21.6 Å². The van der Waals surface area contributed by atoms with Crippen molar-refractivity contribution < 1.29 is 4.39 Å². The Kier molecular flexibility index (Phi) is 4.36. The third-order valence-corrected chi connectivity index (χ3v) is 3.24. The summed E-state index contributed by atoms with van der Waals surface area (Å²) in [5.74, 6) is -0.253. The first-order chi connectivity index (χ1) is 8.70. The molecule has 0 aliphatic rings. The molecule has 3 nitrogen and oxygen atoms in total. The number of halogens is 2. The Morgan fingerprint density at radius 1 is 1.39 bits per heavy atom. The molecule has 18 heavy (non-hydrogen) atoms. The Hall–Kier alpha value is -1.36. The predicted octanol–water partition coefficient (Wildman–Crippen LogP) is 3.81. The molecule has 0 aliphatic carbocycles. The first-order valence-corrected chi connectivity index (χ1v) is 6.69. The summed E-state index contributed by atoms with van der Waals surface area (Å²) in [5.41, 5.74) is 2.00. The highest BCUT2D eigenvalue weighted by molar-refractivity contribution is 9.10. The SMILES string of the molecule is CCCn1nccc1CNc1ccc(F)c(Br)c1. The molecule has 0 unspecified atom stereocenters. The summed E-state index contributed by atoms with van der Waals surface area (Å²) in [4.78, 5) is 0. The lowest BCUT2D eigenvalue weighted by Gasteiger charge is -2.09. The number of rotatable bonds is 5. The van der Waals surface area contributed by atoms with E-state index in [4.69, 9.17) is 0 Å². The quantitative estimate of drug-likeness (QED) is 0.910. The molecule has 0 saturated carbocycles. The van der Waals surface area contributed by atoms with Crippen LogP contribution < -0.4 is 5.32 Å². The molecule has 2 aromatic rings. The summed E-state index contributed by atoms with van der Waals surface area (Å²) in [5, 5.41) is 7.51. The van der Waals surface area contributed by atoms with E-state index < -0.39 is 0 Å². The first kappa shape index (κ1) is 13.1. The second-order valence-electron chi connectivity index (χ2n) is 4.03. The van der Waals surface area contributed by atoms with Crippen LogP contribution in [0.4, 0.5) is 10.1 Å². The van der Waals surface area contributed by atoms with Gasteiger partial charge >= 0.3 is 0 Å². The molecule has 0 bridgehead atoms. The van der Waals surface area contributed by atoms with Gasteiger partial charge in [-0.1, -0.05) is 6.92 Å². The Balaban J connectivity index is 2.02. The summed E-state index contributed by atoms with van der Waals surface area (Å²) >= 11 is 3.17. The van der Waals surface area contributed by atoms with Gasteiger partial charge in [-0.05, 0) is 46.6 Å². The van der Waals surface area contributed by atoms with Gasteiger partial charge in [0.25, 0.3) is 0 Å². The lowest BCUT2D eigenvalue weighted by atomic mass is 10.3. The third kappa shape index (κ3) is 3.10. The van der Waals surface area contributed by atoms with E-state index in [1.807, 2.05) is 10.7 Å². The van der Waals surface area contributed by atoms with Crippen LogP contribution in [-0.4, -0.2) is 9.78 Å². The average Bonchev–Trinajstić information content (AvgIpc) is 2.79. The van der Waals surface area contributed by atoms with Gasteiger partial charge in [0.2, 0.25) is 0 Å². The van der Waals surface area contributed by atoms with Gasteiger partial charge < -0.3 is 5.32 Å². The highest BCUT2D eigenvalue weighted by atomic mass is 79.9. The standard InChI is InChI=1S/C13H15BrFN3/c1-2-7-18-11(5-6-17-18)9-16-10-3-4-13(15)12(14)8-10/h3-6,8,16H,2,7,9H2,1H3. The van der Waals surface area contributed by atoms with E-state index in [2.05, 4.69) is 33.3 Å². The van der Waals surface area contributed by atoms with E-state index in [1.54, 1.807) is 18.3 Å². The van der Waals surface area contributed by atoms with E-state index in [9.17, 15) is 4.39 Å². The zero-order chi connectivity index (χ0) is 13.0. The highest BCUT2D eigenvalue weighted by Gasteiger charge is 2.03. The molecule has 0 saturated heterocycles. The molecule has 0 aliphatic heterocycles. The number of hydrogen-bond donors (Lipinski definition) is 1. The molecule has 1 heterocycles. The Labute approximate surface area is 114 Å². The van der Waals surface area contributed by atoms with Gasteiger partial charge in [0.05, 0.1) is 16.7 Å². The molecule has 0 fully saturated rings. The van der Waals surface area contributed by atoms with Crippen LogP contribution in [0.3, 0.4) is 0 Å². The summed E-state index contributed by atoms with van der Waals surface area (Å²) in [7, 11) is 0. The molecule has 1 aromatic heterocycles. The number of nitrogens with zero attached hydrogens (tertiary/aromatic N) is 2. The molecular formula is C13H15BrFN3. The summed E-state index contributed by atoms with van der Waals surface area (Å²) in [6, 6.07) is 6.88. The molecule has 0 radical (unpaired) electrons. The number of aromatic nitrogens is 2. The van der Waals surface area contributed by atoms with Crippen LogP contribution in [0.1, 0.15) is 19.0 Å². The Morgan fingerprint density at radius 2 is 2.22 bits per heavy atom. The van der Waals surface area contributed by atoms with Crippen molar-refractivity contribution in [3.8, 4) is 0 Å². The van der Waals surface area contributed by atoms with Crippen LogP contribution in [0.15, 0.2) is 34.9 Å². The fraction of sp³-hybridized carbons (Fsp3) is 0.308. The minimum absolute atomic E-state index is 0.253. The summed E-state index contributed by atoms with van der Waals surface area (Å²) in [6.07, 6.45) is 2.85. The normalized spacial score (nSPS) is 10.6. The maximum atomic E-state index is 13.1. The highest BCUT2D eigenvalue weighted by Crippen LogP contribution is 2.20. The molecule has 0 amide bonds. The number of anilines is 1. The summed E-state index contributed by atoms with van der Waals surface area (Å²) in [6.45, 7) is 3.71. The van der Waals surface area contributed by atoms with Crippen molar-refractivity contribution in [2.24, 2.45) is 0 Å². The topological polar surface area (TPSA) is 29.9 Å². The summed E-state index contributed by atoms with van der Waals surface area (Å²) < 4.78 is 15.5. The first-order valence-electron chi connectivity index (χ1n) is 5.90. The van der Waals surface area contributed by atoms with Crippen molar-refractivity contribution in [1.82, 2.24) is 9.78 Å². The van der Waals surface area contributed by atoms with Gasteiger partial charge in [0.1, 0.15) is 5.82 Å². The van der Waals surface area contributed by atoms with Gasteiger partial charge in [-0.3, -0.25) is 4.68 Å². The second-order valence-corrected chi connectivity index (χ2v) is 4.88. The predicted molar refractivity (Wildman–Crippen MR) is 73.9 cm³/mol. The number of benzene rings is 1. The number of hydrogen-bond acceptors (Lipinski definition) is 2. The maximum Gasteiger partial charge on any atom is 0.137 e. The molecule has 0 atom stereocenters. The Morgan fingerprint density at radius 3 is 2.94 bits per heavy atom. The van der Waals surface area contributed by atoms with Gasteiger partial charge in [-0.25, -0.2) is 4.39 Å². The maximum absolute atomic E-state index is 13.1. The van der Waals surface area contributed by atoms with Crippen LogP contribution >= 0.6 is 15.9 Å². The van der Waals surface area contributed by atoms with E-state index in [1.165, 1.54) is 6.07 Å². The van der Waals surface area contributed by atoms with Gasteiger partial charge in [0, 0.05) is 18.4 Å². The monoisotopic (exact) mass is 311 g/mol. The largest absolute Gasteiger partial charge is 0.379 e. The minimum Gasteiger partial charge on any atom is -0.379 e. The third-order valence-electron chi connectivity index (χ3n) is 2.63. The zero-order valence-corrected chi connectivity index (χ0v) is 11.7.